The molecule has 16 heteroatoms. The zero-order chi connectivity index (χ0) is 32.8. The van der Waals surface area contributed by atoms with Crippen LogP contribution in [0.4, 0.5) is 36.0 Å². The van der Waals surface area contributed by atoms with Gasteiger partial charge in [-0.15, -0.1) is 0 Å². The van der Waals surface area contributed by atoms with Crippen LogP contribution in [-0.4, -0.2) is 78.1 Å². The van der Waals surface area contributed by atoms with E-state index in [1.807, 2.05) is 0 Å². The van der Waals surface area contributed by atoms with E-state index in [4.69, 9.17) is 14.2 Å². The fraction of sp³-hybridized carbons (Fsp3) is 0.414. The minimum Gasteiger partial charge on any atom is -0.474 e. The van der Waals surface area contributed by atoms with Crippen molar-refractivity contribution < 1.29 is 46.5 Å². The second-order valence-electron chi connectivity index (χ2n) is 11.8. The van der Waals surface area contributed by atoms with Crippen molar-refractivity contribution in [3.63, 3.8) is 0 Å². The molecule has 0 spiro atoms. The lowest BCUT2D eigenvalue weighted by Crippen LogP contribution is -2.42. The van der Waals surface area contributed by atoms with Crippen molar-refractivity contribution in [3.8, 4) is 17.0 Å². The quantitative estimate of drug-likeness (QED) is 0.335. The number of carbonyl (C=O) groups excluding carboxylic acids is 2. The predicted octanol–water partition coefficient (Wildman–Crippen LogP) is 5.09. The fourth-order valence-corrected chi connectivity index (χ4v) is 6.24. The summed E-state index contributed by atoms with van der Waals surface area (Å²) in [6.07, 6.45) is 0.553. The molecule has 0 bridgehead atoms. The number of rotatable bonds is 5. The van der Waals surface area contributed by atoms with E-state index >= 15 is 4.39 Å². The molecule has 2 aromatic heterocycles. The molecule has 1 aliphatic heterocycles. The Balaban J connectivity index is 1.54. The van der Waals surface area contributed by atoms with Gasteiger partial charge in [-0.3, -0.25) is 15.5 Å². The molecule has 240 valence electrons. The number of aromatic nitrogens is 2. The van der Waals surface area contributed by atoms with Gasteiger partial charge in [0.15, 0.2) is 15.7 Å². The molecule has 1 aliphatic carbocycles. The van der Waals surface area contributed by atoms with Crippen molar-refractivity contribution in [1.82, 2.24) is 9.97 Å². The Morgan fingerprint density at radius 3 is 2.44 bits per heavy atom. The lowest BCUT2D eigenvalue weighted by atomic mass is 9.95. The molecule has 2 aliphatic rings. The summed E-state index contributed by atoms with van der Waals surface area (Å²) >= 11 is 0. The highest BCUT2D eigenvalue weighted by Crippen LogP contribution is 2.42. The van der Waals surface area contributed by atoms with E-state index in [-0.39, 0.29) is 65.6 Å². The third-order valence-corrected chi connectivity index (χ3v) is 8.96. The normalized spacial score (nSPS) is 17.9. The Kier molecular flexibility index (Phi) is 8.20. The third kappa shape index (κ3) is 6.69. The molecule has 1 saturated carbocycles. The van der Waals surface area contributed by atoms with E-state index in [1.54, 1.807) is 27.7 Å². The van der Waals surface area contributed by atoms with Gasteiger partial charge < -0.3 is 19.3 Å². The van der Waals surface area contributed by atoms with Crippen LogP contribution >= 0.6 is 0 Å². The van der Waals surface area contributed by atoms with Crippen LogP contribution < -0.4 is 20.3 Å². The van der Waals surface area contributed by atoms with Gasteiger partial charge in [0, 0.05) is 48.0 Å². The molecule has 14 nitrogen and oxygen atoms in total. The lowest BCUT2D eigenvalue weighted by molar-refractivity contribution is 0.0631. The standard InChI is InChI=1S/C29H32FN5O9S/c1-14-19(12-32-25-24(14)35(28(38)39)6-7-42-25)18-8-15-9-21(33-26(36)43-16-10-17(11-16)45(5,40)41)31-13-20(15)23(22(18)30)34-27(37)44-29(2,3)4/h8-9,12-13,16-17H,6-7,10-11H2,1-5H3,(H,34,37)(H,38,39)(H,31,33,36). The number of ether oxygens (including phenoxy) is 3. The summed E-state index contributed by atoms with van der Waals surface area (Å²) in [6, 6.07) is 2.89. The number of pyridine rings is 2. The number of anilines is 3. The molecule has 5 rings (SSSR count). The van der Waals surface area contributed by atoms with Crippen LogP contribution in [0.2, 0.25) is 0 Å². The number of hydrogen-bond donors (Lipinski definition) is 3. The van der Waals surface area contributed by atoms with Crippen molar-refractivity contribution in [3.05, 3.63) is 35.9 Å². The zero-order valence-electron chi connectivity index (χ0n) is 25.1. The van der Waals surface area contributed by atoms with E-state index in [2.05, 4.69) is 20.6 Å². The van der Waals surface area contributed by atoms with Crippen molar-refractivity contribution in [1.29, 1.82) is 0 Å². The lowest BCUT2D eigenvalue weighted by Gasteiger charge is -2.32. The van der Waals surface area contributed by atoms with Crippen molar-refractivity contribution >= 4 is 56.1 Å². The Hall–Kier alpha value is -4.73. The maximum Gasteiger partial charge on any atom is 0.413 e. The summed E-state index contributed by atoms with van der Waals surface area (Å²) in [4.78, 5) is 46.7. The molecule has 1 aromatic carbocycles. The average Bonchev–Trinajstić information content (AvgIpc) is 2.90. The van der Waals surface area contributed by atoms with Crippen LogP contribution in [0.25, 0.3) is 21.9 Å². The SMILES string of the molecule is Cc1c(-c2cc3cc(NC(=O)OC4CC(S(C)(=O)=O)C4)ncc3c(NC(=O)OC(C)(C)C)c2F)cnc2c1N(C(=O)O)CCO2. The van der Waals surface area contributed by atoms with Crippen LogP contribution in [0.3, 0.4) is 0 Å². The molecule has 0 atom stereocenters. The van der Waals surface area contributed by atoms with Gasteiger partial charge in [0.2, 0.25) is 5.88 Å². The number of nitrogens with one attached hydrogen (secondary N) is 2. The number of benzene rings is 1. The maximum atomic E-state index is 16.3. The van der Waals surface area contributed by atoms with Crippen LogP contribution in [-0.2, 0) is 19.3 Å². The first-order valence-electron chi connectivity index (χ1n) is 13.9. The molecule has 0 unspecified atom stereocenters. The van der Waals surface area contributed by atoms with Gasteiger partial charge in [0.25, 0.3) is 0 Å². The van der Waals surface area contributed by atoms with Gasteiger partial charge >= 0.3 is 18.3 Å². The predicted molar refractivity (Wildman–Crippen MR) is 162 cm³/mol. The van der Waals surface area contributed by atoms with Gasteiger partial charge in [-0.25, -0.2) is 37.2 Å². The maximum absolute atomic E-state index is 16.3. The Morgan fingerprint density at radius 2 is 1.80 bits per heavy atom. The largest absolute Gasteiger partial charge is 0.474 e. The van der Waals surface area contributed by atoms with Crippen molar-refractivity contribution in [2.75, 3.05) is 34.9 Å². The first-order chi connectivity index (χ1) is 21.0. The zero-order valence-corrected chi connectivity index (χ0v) is 26.0. The van der Waals surface area contributed by atoms with E-state index in [9.17, 15) is 27.9 Å². The van der Waals surface area contributed by atoms with E-state index in [0.717, 1.165) is 11.2 Å². The molecule has 0 saturated heterocycles. The first-order valence-corrected chi connectivity index (χ1v) is 15.9. The average molecular weight is 646 g/mol. The second-order valence-corrected chi connectivity index (χ2v) is 14.2. The molecule has 3 N–H and O–H groups in total. The fourth-order valence-electron chi connectivity index (χ4n) is 5.11. The minimum absolute atomic E-state index is 0.0294. The molecule has 3 aromatic rings. The molecule has 45 heavy (non-hydrogen) atoms. The second kappa shape index (κ2) is 11.6. The Labute approximate surface area is 257 Å². The number of halogens is 1. The number of nitrogens with zero attached hydrogens (tertiary/aromatic N) is 3. The topological polar surface area (TPSA) is 186 Å². The highest BCUT2D eigenvalue weighted by molar-refractivity contribution is 7.91. The number of amides is 3. The molecule has 3 amide bonds. The summed E-state index contributed by atoms with van der Waals surface area (Å²) in [6.45, 7) is 6.71. The Bertz CT molecular complexity index is 1820. The van der Waals surface area contributed by atoms with Gasteiger partial charge in [-0.05, 0) is 50.8 Å². The first kappa shape index (κ1) is 31.7. The number of fused-ring (bicyclic) bond motifs is 2. The van der Waals surface area contributed by atoms with Crippen LogP contribution in [0.15, 0.2) is 24.5 Å². The third-order valence-electron chi connectivity index (χ3n) is 7.37. The van der Waals surface area contributed by atoms with Crippen LogP contribution in [0.1, 0.15) is 39.2 Å². The van der Waals surface area contributed by atoms with Gasteiger partial charge in [-0.2, -0.15) is 0 Å². The number of carboxylic acid groups (broad SMARTS) is 1. The summed E-state index contributed by atoms with van der Waals surface area (Å²) < 4.78 is 55.8. The molecular formula is C29H32FN5O9S. The Morgan fingerprint density at radius 1 is 1.09 bits per heavy atom. The monoisotopic (exact) mass is 645 g/mol. The van der Waals surface area contributed by atoms with Crippen molar-refractivity contribution in [2.24, 2.45) is 0 Å². The molecule has 3 heterocycles. The molecular weight excluding hydrogens is 613 g/mol. The molecule has 1 fully saturated rings. The van der Waals surface area contributed by atoms with E-state index in [0.29, 0.717) is 10.9 Å². The van der Waals surface area contributed by atoms with Crippen LogP contribution in [0, 0.1) is 12.7 Å². The summed E-state index contributed by atoms with van der Waals surface area (Å²) in [5, 5.41) is 14.7. The van der Waals surface area contributed by atoms with Gasteiger partial charge in [0.1, 0.15) is 29.8 Å². The number of sulfone groups is 1. The van der Waals surface area contributed by atoms with Gasteiger partial charge in [-0.1, -0.05) is 0 Å². The van der Waals surface area contributed by atoms with Gasteiger partial charge in [0.05, 0.1) is 17.5 Å². The smallest absolute Gasteiger partial charge is 0.413 e. The van der Waals surface area contributed by atoms with Crippen molar-refractivity contribution in [2.45, 2.75) is 57.5 Å². The summed E-state index contributed by atoms with van der Waals surface area (Å²) in [7, 11) is -3.22. The highest BCUT2D eigenvalue weighted by Gasteiger charge is 2.38. The van der Waals surface area contributed by atoms with E-state index < -0.39 is 50.9 Å². The molecule has 0 radical (unpaired) electrons. The number of carbonyl (C=O) groups is 3. The number of hydrogen-bond acceptors (Lipinski definition) is 10. The van der Waals surface area contributed by atoms with Crippen LogP contribution in [0.5, 0.6) is 5.88 Å². The summed E-state index contributed by atoms with van der Waals surface area (Å²) in [5.74, 6) is -0.733. The highest BCUT2D eigenvalue weighted by atomic mass is 32.2. The summed E-state index contributed by atoms with van der Waals surface area (Å²) in [5.41, 5.74) is -0.409. The van der Waals surface area contributed by atoms with E-state index in [1.165, 1.54) is 24.5 Å². The minimum atomic E-state index is -3.22.